The third kappa shape index (κ3) is 7.26. The van der Waals surface area contributed by atoms with Crippen LogP contribution in [0.15, 0.2) is 12.7 Å². The largest absolute Gasteiger partial charge is 0.299 e. The number of hydrogen-bond acceptors (Lipinski definition) is 2. The molecule has 0 aliphatic heterocycles. The molecule has 0 bridgehead atoms. The highest BCUT2D eigenvalue weighted by atomic mass is 35.5. The summed E-state index contributed by atoms with van der Waals surface area (Å²) in [6.45, 7) is 3.43. The second-order valence-electron chi connectivity index (χ2n) is 2.24. The van der Waals surface area contributed by atoms with Crippen molar-refractivity contribution in [1.82, 2.24) is 0 Å². The fourth-order valence-electron chi connectivity index (χ4n) is 0.688. The molecule has 62 valence electrons. The van der Waals surface area contributed by atoms with Crippen molar-refractivity contribution in [3.05, 3.63) is 12.7 Å². The molecule has 0 aliphatic carbocycles. The summed E-state index contributed by atoms with van der Waals surface area (Å²) in [4.78, 5) is 21.0. The van der Waals surface area contributed by atoms with Crippen LogP contribution in [0.5, 0.6) is 0 Å². The van der Waals surface area contributed by atoms with Gasteiger partial charge in [0.05, 0.1) is 0 Å². The number of ketones is 1. The van der Waals surface area contributed by atoms with Gasteiger partial charge in [-0.1, -0.05) is 6.08 Å². The van der Waals surface area contributed by atoms with Gasteiger partial charge in [0.1, 0.15) is 5.78 Å². The normalized spacial score (nSPS) is 9.18. The molecule has 0 amide bonds. The van der Waals surface area contributed by atoms with Crippen molar-refractivity contribution in [3.8, 4) is 0 Å². The Morgan fingerprint density at radius 2 is 2.00 bits per heavy atom. The maximum Gasteiger partial charge on any atom is 0.221 e. The van der Waals surface area contributed by atoms with Crippen LogP contribution < -0.4 is 0 Å². The van der Waals surface area contributed by atoms with Gasteiger partial charge in [0.2, 0.25) is 5.24 Å². The van der Waals surface area contributed by atoms with Crippen LogP contribution in [0, 0.1) is 0 Å². The van der Waals surface area contributed by atoms with Crippen molar-refractivity contribution in [1.29, 1.82) is 0 Å². The number of rotatable bonds is 6. The van der Waals surface area contributed by atoms with Gasteiger partial charge in [-0.3, -0.25) is 9.59 Å². The Morgan fingerprint density at radius 3 is 2.45 bits per heavy atom. The summed E-state index contributed by atoms with van der Waals surface area (Å²) in [7, 11) is 0. The number of allylic oxidation sites excluding steroid dienone is 1. The van der Waals surface area contributed by atoms with E-state index >= 15 is 0 Å². The average Bonchev–Trinajstić information content (AvgIpc) is 1.87. The molecule has 0 rings (SSSR count). The van der Waals surface area contributed by atoms with Crippen LogP contribution in [-0.2, 0) is 9.59 Å². The van der Waals surface area contributed by atoms with Crippen molar-refractivity contribution in [2.75, 3.05) is 0 Å². The second-order valence-corrected chi connectivity index (χ2v) is 2.66. The molecular formula is C8H11ClO2. The average molecular weight is 175 g/mol. The van der Waals surface area contributed by atoms with E-state index in [0.29, 0.717) is 19.3 Å². The molecule has 0 aromatic carbocycles. The molecule has 3 heteroatoms. The lowest BCUT2D eigenvalue weighted by Gasteiger charge is -1.93. The molecule has 0 saturated carbocycles. The first-order chi connectivity index (χ1) is 5.16. The van der Waals surface area contributed by atoms with E-state index < -0.39 is 0 Å². The number of halogens is 1. The Balaban J connectivity index is 3.31. The van der Waals surface area contributed by atoms with E-state index in [2.05, 4.69) is 6.58 Å². The first-order valence-corrected chi connectivity index (χ1v) is 3.85. The standard InChI is InChI=1S/C8H11ClO2/c1-2-4-7(10)5-3-6-8(9)11/h2H,1,3-6H2. The molecule has 0 spiro atoms. The third-order valence-electron chi connectivity index (χ3n) is 1.20. The summed E-state index contributed by atoms with van der Waals surface area (Å²) in [6, 6.07) is 0. The molecule has 0 heterocycles. The number of hydrogen-bond donors (Lipinski definition) is 0. The predicted octanol–water partition coefficient (Wildman–Crippen LogP) is 2.07. The van der Waals surface area contributed by atoms with Gasteiger partial charge in [-0.05, 0) is 18.0 Å². The fraction of sp³-hybridized carbons (Fsp3) is 0.500. The smallest absolute Gasteiger partial charge is 0.221 e. The Bertz CT molecular complexity index is 163. The maximum atomic E-state index is 10.8. The number of Topliss-reactive ketones (excluding diaryl/α,β-unsaturated/α-hetero) is 1. The highest BCUT2D eigenvalue weighted by Crippen LogP contribution is 2.01. The van der Waals surface area contributed by atoms with Crippen LogP contribution in [0.25, 0.3) is 0 Å². The zero-order chi connectivity index (χ0) is 8.69. The lowest BCUT2D eigenvalue weighted by molar-refractivity contribution is -0.118. The third-order valence-corrected chi connectivity index (χ3v) is 1.39. The minimum atomic E-state index is -0.378. The minimum Gasteiger partial charge on any atom is -0.299 e. The van der Waals surface area contributed by atoms with Crippen molar-refractivity contribution >= 4 is 22.6 Å². The van der Waals surface area contributed by atoms with Crippen molar-refractivity contribution in [2.24, 2.45) is 0 Å². The summed E-state index contributed by atoms with van der Waals surface area (Å²) in [5.41, 5.74) is 0. The molecule has 2 nitrogen and oxygen atoms in total. The molecule has 0 unspecified atom stereocenters. The lowest BCUT2D eigenvalue weighted by Crippen LogP contribution is -1.96. The minimum absolute atomic E-state index is 0.109. The number of carbonyl (C=O) groups excluding carboxylic acids is 2. The van der Waals surface area contributed by atoms with Crippen LogP contribution in [-0.4, -0.2) is 11.0 Å². The van der Waals surface area contributed by atoms with E-state index in [0.717, 1.165) is 0 Å². The van der Waals surface area contributed by atoms with Gasteiger partial charge in [-0.2, -0.15) is 0 Å². The van der Waals surface area contributed by atoms with Gasteiger partial charge in [-0.25, -0.2) is 0 Å². The van der Waals surface area contributed by atoms with Gasteiger partial charge >= 0.3 is 0 Å². The number of carbonyl (C=O) groups is 2. The molecule has 0 N–H and O–H groups in total. The SMILES string of the molecule is C=CCC(=O)CCCC(=O)Cl. The topological polar surface area (TPSA) is 34.1 Å². The molecule has 0 radical (unpaired) electrons. The van der Waals surface area contributed by atoms with E-state index in [1.807, 2.05) is 0 Å². The van der Waals surface area contributed by atoms with E-state index in [1.54, 1.807) is 6.08 Å². The van der Waals surface area contributed by atoms with Crippen LogP contribution in [0.1, 0.15) is 25.7 Å². The lowest BCUT2D eigenvalue weighted by atomic mass is 10.1. The van der Waals surface area contributed by atoms with Crippen LogP contribution in [0.3, 0.4) is 0 Å². The van der Waals surface area contributed by atoms with Gasteiger partial charge < -0.3 is 0 Å². The van der Waals surface area contributed by atoms with E-state index in [4.69, 9.17) is 11.6 Å². The Kier molecular flexibility index (Phi) is 5.75. The molecule has 0 aromatic heterocycles. The molecular weight excluding hydrogens is 164 g/mol. The molecule has 0 fully saturated rings. The van der Waals surface area contributed by atoms with Crippen molar-refractivity contribution in [3.63, 3.8) is 0 Å². The first-order valence-electron chi connectivity index (χ1n) is 3.47. The van der Waals surface area contributed by atoms with Crippen LogP contribution in [0.2, 0.25) is 0 Å². The molecule has 0 atom stereocenters. The van der Waals surface area contributed by atoms with Gasteiger partial charge in [0, 0.05) is 19.3 Å². The highest BCUT2D eigenvalue weighted by molar-refractivity contribution is 6.63. The van der Waals surface area contributed by atoms with Gasteiger partial charge in [0.25, 0.3) is 0 Å². The second kappa shape index (κ2) is 6.10. The zero-order valence-electron chi connectivity index (χ0n) is 6.31. The van der Waals surface area contributed by atoms with E-state index in [1.165, 1.54) is 0 Å². The molecule has 0 aliphatic rings. The van der Waals surface area contributed by atoms with Gasteiger partial charge in [0.15, 0.2) is 0 Å². The predicted molar refractivity (Wildman–Crippen MR) is 44.5 cm³/mol. The van der Waals surface area contributed by atoms with Crippen molar-refractivity contribution < 1.29 is 9.59 Å². The van der Waals surface area contributed by atoms with E-state index in [-0.39, 0.29) is 17.4 Å². The van der Waals surface area contributed by atoms with Crippen molar-refractivity contribution in [2.45, 2.75) is 25.7 Å². The summed E-state index contributed by atoms with van der Waals surface area (Å²) in [5.74, 6) is 0.109. The summed E-state index contributed by atoms with van der Waals surface area (Å²) >= 11 is 5.07. The maximum absolute atomic E-state index is 10.8. The quantitative estimate of drug-likeness (QED) is 0.456. The van der Waals surface area contributed by atoms with Gasteiger partial charge in [-0.15, -0.1) is 6.58 Å². The Labute approximate surface area is 71.2 Å². The molecule has 0 aromatic rings. The summed E-state index contributed by atoms with van der Waals surface area (Å²) < 4.78 is 0. The zero-order valence-corrected chi connectivity index (χ0v) is 7.06. The monoisotopic (exact) mass is 174 g/mol. The Morgan fingerprint density at radius 1 is 1.36 bits per heavy atom. The summed E-state index contributed by atoms with van der Waals surface area (Å²) in [6.07, 6.45) is 3.20. The molecule has 11 heavy (non-hydrogen) atoms. The Hall–Kier alpha value is -0.630. The molecule has 0 saturated heterocycles. The van der Waals surface area contributed by atoms with E-state index in [9.17, 15) is 9.59 Å². The van der Waals surface area contributed by atoms with Crippen LogP contribution >= 0.6 is 11.6 Å². The first kappa shape index (κ1) is 10.4. The highest BCUT2D eigenvalue weighted by Gasteiger charge is 2.00. The van der Waals surface area contributed by atoms with Crippen LogP contribution in [0.4, 0.5) is 0 Å². The fourth-order valence-corrected chi connectivity index (χ4v) is 0.821. The summed E-state index contributed by atoms with van der Waals surface area (Å²) in [5, 5.41) is -0.378.